The van der Waals surface area contributed by atoms with E-state index in [1.54, 1.807) is 0 Å². The minimum absolute atomic E-state index is 0.415. The van der Waals surface area contributed by atoms with E-state index in [1.165, 1.54) is 10.8 Å². The Kier molecular flexibility index (Phi) is 3.33. The van der Waals surface area contributed by atoms with Crippen LogP contribution in [-0.4, -0.2) is 16.0 Å². The predicted molar refractivity (Wildman–Crippen MR) is 74.9 cm³/mol. The molecule has 0 aliphatic heterocycles. The molecule has 1 aliphatic carbocycles. The molecule has 2 aromatic rings. The Balaban J connectivity index is 1.84. The number of hydrogen-bond donors (Lipinski definition) is 0. The third-order valence-corrected chi connectivity index (χ3v) is 4.76. The second-order valence-electron chi connectivity index (χ2n) is 4.69. The molecule has 0 bridgehead atoms. The van der Waals surface area contributed by atoms with Gasteiger partial charge < -0.3 is 0 Å². The van der Waals surface area contributed by atoms with Crippen LogP contribution in [0.25, 0.3) is 10.8 Å². The number of hydrogen-bond acceptors (Lipinski definition) is 3. The molecule has 1 heterocycles. The van der Waals surface area contributed by atoms with Crippen LogP contribution in [0, 0.1) is 0 Å². The molecule has 1 aromatic carbocycles. The van der Waals surface area contributed by atoms with Crippen molar-refractivity contribution < 1.29 is 4.79 Å². The van der Waals surface area contributed by atoms with Gasteiger partial charge in [0.2, 0.25) is 0 Å². The molecule has 3 rings (SSSR count). The fourth-order valence-electron chi connectivity index (χ4n) is 2.37. The summed E-state index contributed by atoms with van der Waals surface area (Å²) in [4.78, 5) is 15.7. The Hall–Kier alpha value is -1.35. The zero-order valence-corrected chi connectivity index (χ0v) is 11.0. The molecule has 1 fully saturated rings. The van der Waals surface area contributed by atoms with Crippen LogP contribution in [0.4, 0.5) is 0 Å². The highest BCUT2D eigenvalue weighted by Crippen LogP contribution is 2.34. The summed E-state index contributed by atoms with van der Waals surface area (Å²) in [5, 5.41) is 4.11. The minimum atomic E-state index is 0.415. The molecule has 0 spiro atoms. The van der Waals surface area contributed by atoms with Gasteiger partial charge in [-0.15, -0.1) is 11.8 Å². The SMILES string of the molecule is O=C1CCC(Sc2nccc3ccccc23)CC1. The van der Waals surface area contributed by atoms with Crippen LogP contribution in [0.1, 0.15) is 25.7 Å². The first kappa shape index (κ1) is 11.7. The molecule has 1 saturated carbocycles. The number of carbonyl (C=O) groups is 1. The molecule has 0 atom stereocenters. The van der Waals surface area contributed by atoms with Gasteiger partial charge >= 0.3 is 0 Å². The van der Waals surface area contributed by atoms with Gasteiger partial charge in [-0.1, -0.05) is 24.3 Å². The highest BCUT2D eigenvalue weighted by Gasteiger charge is 2.20. The first-order valence-electron chi connectivity index (χ1n) is 6.35. The van der Waals surface area contributed by atoms with Gasteiger partial charge in [0.15, 0.2) is 0 Å². The molecule has 0 amide bonds. The number of fused-ring (bicyclic) bond motifs is 1. The summed E-state index contributed by atoms with van der Waals surface area (Å²) in [5.41, 5.74) is 0. The predicted octanol–water partition coefficient (Wildman–Crippen LogP) is 3.84. The van der Waals surface area contributed by atoms with Crippen LogP contribution in [-0.2, 0) is 4.79 Å². The van der Waals surface area contributed by atoms with Gasteiger partial charge in [0.25, 0.3) is 0 Å². The fourth-order valence-corrected chi connectivity index (χ4v) is 3.60. The van der Waals surface area contributed by atoms with Crippen LogP contribution in [0.2, 0.25) is 0 Å². The summed E-state index contributed by atoms with van der Waals surface area (Å²) < 4.78 is 0. The molecule has 3 heteroatoms. The summed E-state index contributed by atoms with van der Waals surface area (Å²) in [6.07, 6.45) is 5.34. The maximum absolute atomic E-state index is 11.2. The second kappa shape index (κ2) is 5.11. The van der Waals surface area contributed by atoms with Crippen molar-refractivity contribution in [3.8, 4) is 0 Å². The van der Waals surface area contributed by atoms with Crippen molar-refractivity contribution in [2.24, 2.45) is 0 Å². The average molecular weight is 257 g/mol. The Labute approximate surface area is 111 Å². The van der Waals surface area contributed by atoms with Crippen molar-refractivity contribution >= 4 is 28.3 Å². The maximum atomic E-state index is 11.2. The summed E-state index contributed by atoms with van der Waals surface area (Å²) in [7, 11) is 0. The van der Waals surface area contributed by atoms with Crippen LogP contribution in [0.5, 0.6) is 0 Å². The van der Waals surface area contributed by atoms with Crippen LogP contribution >= 0.6 is 11.8 Å². The zero-order chi connectivity index (χ0) is 12.4. The molecule has 1 aliphatic rings. The Morgan fingerprint density at radius 1 is 1.11 bits per heavy atom. The maximum Gasteiger partial charge on any atom is 0.132 e. The highest BCUT2D eigenvalue weighted by atomic mass is 32.2. The van der Waals surface area contributed by atoms with E-state index < -0.39 is 0 Å². The van der Waals surface area contributed by atoms with Crippen molar-refractivity contribution in [3.05, 3.63) is 36.5 Å². The molecule has 0 radical (unpaired) electrons. The Morgan fingerprint density at radius 3 is 2.72 bits per heavy atom. The van der Waals surface area contributed by atoms with Crippen LogP contribution in [0.3, 0.4) is 0 Å². The molecule has 1 aromatic heterocycles. The summed E-state index contributed by atoms with van der Waals surface area (Å²) in [6, 6.07) is 10.4. The van der Waals surface area contributed by atoms with Crippen molar-refractivity contribution in [2.75, 3.05) is 0 Å². The largest absolute Gasteiger partial charge is 0.300 e. The van der Waals surface area contributed by atoms with E-state index in [-0.39, 0.29) is 0 Å². The lowest BCUT2D eigenvalue weighted by Crippen LogP contribution is -2.15. The van der Waals surface area contributed by atoms with Crippen LogP contribution in [0.15, 0.2) is 41.6 Å². The first-order valence-corrected chi connectivity index (χ1v) is 7.23. The van der Waals surface area contributed by atoms with Crippen molar-refractivity contribution in [3.63, 3.8) is 0 Å². The van der Waals surface area contributed by atoms with Gasteiger partial charge in [-0.05, 0) is 24.3 Å². The molecule has 0 saturated heterocycles. The van der Waals surface area contributed by atoms with E-state index in [1.807, 2.05) is 24.0 Å². The third-order valence-electron chi connectivity index (χ3n) is 3.41. The third kappa shape index (κ3) is 2.41. The van der Waals surface area contributed by atoms with E-state index >= 15 is 0 Å². The highest BCUT2D eigenvalue weighted by molar-refractivity contribution is 8.00. The van der Waals surface area contributed by atoms with E-state index in [0.29, 0.717) is 11.0 Å². The molecule has 0 N–H and O–H groups in total. The first-order chi connectivity index (χ1) is 8.83. The quantitative estimate of drug-likeness (QED) is 0.818. The number of thioether (sulfide) groups is 1. The lowest BCUT2D eigenvalue weighted by molar-refractivity contribution is -0.120. The number of ketones is 1. The monoisotopic (exact) mass is 257 g/mol. The summed E-state index contributed by atoms with van der Waals surface area (Å²) in [5.74, 6) is 0.415. The van der Waals surface area contributed by atoms with E-state index in [9.17, 15) is 4.79 Å². The van der Waals surface area contributed by atoms with Crippen LogP contribution < -0.4 is 0 Å². The fraction of sp³-hybridized carbons (Fsp3) is 0.333. The summed E-state index contributed by atoms with van der Waals surface area (Å²) in [6.45, 7) is 0. The molecular weight excluding hydrogens is 242 g/mol. The van der Waals surface area contributed by atoms with E-state index in [0.717, 1.165) is 30.7 Å². The van der Waals surface area contributed by atoms with Gasteiger partial charge in [-0.2, -0.15) is 0 Å². The van der Waals surface area contributed by atoms with Crippen molar-refractivity contribution in [1.82, 2.24) is 4.98 Å². The molecule has 92 valence electrons. The number of carbonyl (C=O) groups excluding carboxylic acids is 1. The standard InChI is InChI=1S/C15H15NOS/c17-12-5-7-13(8-6-12)18-15-14-4-2-1-3-11(14)9-10-16-15/h1-4,9-10,13H,5-8H2. The topological polar surface area (TPSA) is 30.0 Å². The number of aromatic nitrogens is 1. The Bertz CT molecular complexity index is 566. The lowest BCUT2D eigenvalue weighted by Gasteiger charge is -2.20. The number of Topliss-reactive ketones (excluding diaryl/α,β-unsaturated/α-hetero) is 1. The molecule has 0 unspecified atom stereocenters. The van der Waals surface area contributed by atoms with Gasteiger partial charge in [0, 0.05) is 29.7 Å². The van der Waals surface area contributed by atoms with E-state index in [2.05, 4.69) is 29.2 Å². The van der Waals surface area contributed by atoms with Crippen molar-refractivity contribution in [2.45, 2.75) is 36.0 Å². The van der Waals surface area contributed by atoms with Gasteiger partial charge in [-0.25, -0.2) is 4.98 Å². The second-order valence-corrected chi connectivity index (χ2v) is 5.98. The minimum Gasteiger partial charge on any atom is -0.300 e. The zero-order valence-electron chi connectivity index (χ0n) is 10.1. The van der Waals surface area contributed by atoms with Gasteiger partial charge in [0.1, 0.15) is 10.8 Å². The normalized spacial score (nSPS) is 17.2. The number of pyridine rings is 1. The Morgan fingerprint density at radius 2 is 1.89 bits per heavy atom. The number of nitrogens with zero attached hydrogens (tertiary/aromatic N) is 1. The molecular formula is C15H15NOS. The van der Waals surface area contributed by atoms with Crippen molar-refractivity contribution in [1.29, 1.82) is 0 Å². The number of benzene rings is 1. The molecule has 18 heavy (non-hydrogen) atoms. The molecule has 2 nitrogen and oxygen atoms in total. The smallest absolute Gasteiger partial charge is 0.132 e. The van der Waals surface area contributed by atoms with Gasteiger partial charge in [0.05, 0.1) is 0 Å². The lowest BCUT2D eigenvalue weighted by atomic mass is 9.99. The number of rotatable bonds is 2. The average Bonchev–Trinajstić information content (AvgIpc) is 2.42. The van der Waals surface area contributed by atoms with Gasteiger partial charge in [-0.3, -0.25) is 4.79 Å². The van der Waals surface area contributed by atoms with E-state index in [4.69, 9.17) is 0 Å². The summed E-state index contributed by atoms with van der Waals surface area (Å²) >= 11 is 1.83.